The fraction of sp³-hybridized carbons (Fsp3) is 0.0500. The number of imide groups is 1. The number of nitrogens with one attached hydrogen (secondary N) is 1. The third kappa shape index (κ3) is 4.51. The molecule has 2 aromatic carbocycles. The van der Waals surface area contributed by atoms with Gasteiger partial charge in [0, 0.05) is 15.9 Å². The number of rotatable bonds is 4. The maximum Gasteiger partial charge on any atom is 0.349 e. The van der Waals surface area contributed by atoms with Gasteiger partial charge in [-0.2, -0.15) is 0 Å². The van der Waals surface area contributed by atoms with Crippen LogP contribution in [0.5, 0.6) is 5.75 Å². The van der Waals surface area contributed by atoms with Gasteiger partial charge in [0.05, 0.1) is 7.11 Å². The second-order valence-electron chi connectivity index (χ2n) is 5.55. The van der Waals surface area contributed by atoms with Gasteiger partial charge in [0.15, 0.2) is 0 Å². The summed E-state index contributed by atoms with van der Waals surface area (Å²) in [6.07, 6.45) is 2.75. The third-order valence-corrected chi connectivity index (χ3v) is 4.21. The number of ether oxygens (including phenoxy) is 1. The van der Waals surface area contributed by atoms with E-state index < -0.39 is 17.4 Å². The number of methoxy groups -OCH3 is 1. The van der Waals surface area contributed by atoms with Crippen molar-refractivity contribution in [2.24, 2.45) is 0 Å². The first-order valence-electron chi connectivity index (χ1n) is 7.87. The fourth-order valence-electron chi connectivity index (χ4n) is 2.36. The first kappa shape index (κ1) is 18.6. The van der Waals surface area contributed by atoms with Gasteiger partial charge >= 0.3 is 5.63 Å². The molecule has 1 aromatic heterocycles. The van der Waals surface area contributed by atoms with E-state index in [1.807, 2.05) is 0 Å². The highest BCUT2D eigenvalue weighted by Crippen LogP contribution is 2.19. The molecule has 136 valence electrons. The summed E-state index contributed by atoms with van der Waals surface area (Å²) in [5, 5.41) is 2.71. The summed E-state index contributed by atoms with van der Waals surface area (Å²) in [6, 6.07) is 13.5. The number of carbonyl (C=O) groups is 2. The monoisotopic (exact) mass is 427 g/mol. The summed E-state index contributed by atoms with van der Waals surface area (Å²) in [5.41, 5.74) is 0.0556. The molecule has 0 radical (unpaired) electrons. The van der Waals surface area contributed by atoms with Crippen LogP contribution < -0.4 is 15.7 Å². The molecule has 1 N–H and O–H groups in total. The molecule has 0 spiro atoms. The number of amides is 2. The molecule has 7 heteroatoms. The molecule has 0 bridgehead atoms. The second kappa shape index (κ2) is 8.01. The quantitative estimate of drug-likeness (QED) is 0.508. The van der Waals surface area contributed by atoms with E-state index in [4.69, 9.17) is 9.15 Å². The van der Waals surface area contributed by atoms with E-state index >= 15 is 0 Å². The summed E-state index contributed by atoms with van der Waals surface area (Å²) in [4.78, 5) is 36.2. The molecule has 0 aliphatic carbocycles. The van der Waals surface area contributed by atoms with Crippen LogP contribution in [0.4, 0.5) is 0 Å². The summed E-state index contributed by atoms with van der Waals surface area (Å²) >= 11 is 3.31. The van der Waals surface area contributed by atoms with Crippen molar-refractivity contribution in [1.29, 1.82) is 0 Å². The molecule has 0 atom stereocenters. The Bertz CT molecular complexity index is 1100. The number of hydrogen-bond acceptors (Lipinski definition) is 5. The normalized spacial score (nSPS) is 10.9. The van der Waals surface area contributed by atoms with Crippen LogP contribution in [0.15, 0.2) is 68.3 Å². The number of hydrogen-bond donors (Lipinski definition) is 1. The highest BCUT2D eigenvalue weighted by molar-refractivity contribution is 9.10. The van der Waals surface area contributed by atoms with Gasteiger partial charge in [-0.05, 0) is 48.0 Å². The van der Waals surface area contributed by atoms with Crippen LogP contribution >= 0.6 is 15.9 Å². The first-order chi connectivity index (χ1) is 13.0. The molecular weight excluding hydrogens is 414 g/mol. The maximum atomic E-state index is 12.2. The lowest BCUT2D eigenvalue weighted by Crippen LogP contribution is -2.32. The molecule has 0 aliphatic rings. The molecule has 27 heavy (non-hydrogen) atoms. The van der Waals surface area contributed by atoms with Crippen molar-refractivity contribution in [2.45, 2.75) is 0 Å². The Kier molecular flexibility index (Phi) is 5.52. The van der Waals surface area contributed by atoms with E-state index in [-0.39, 0.29) is 5.56 Å². The van der Waals surface area contributed by atoms with Crippen LogP contribution in [0.25, 0.3) is 17.0 Å². The van der Waals surface area contributed by atoms with Gasteiger partial charge in [-0.25, -0.2) is 4.79 Å². The summed E-state index contributed by atoms with van der Waals surface area (Å²) < 4.78 is 11.0. The van der Waals surface area contributed by atoms with Crippen LogP contribution in [-0.2, 0) is 4.79 Å². The van der Waals surface area contributed by atoms with Gasteiger partial charge in [-0.3, -0.25) is 14.9 Å². The molecule has 1 heterocycles. The summed E-state index contributed by atoms with van der Waals surface area (Å²) in [6.45, 7) is 0. The largest absolute Gasteiger partial charge is 0.497 e. The van der Waals surface area contributed by atoms with Gasteiger partial charge in [-0.1, -0.05) is 28.1 Å². The van der Waals surface area contributed by atoms with Gasteiger partial charge < -0.3 is 9.15 Å². The smallest absolute Gasteiger partial charge is 0.349 e. The van der Waals surface area contributed by atoms with Gasteiger partial charge in [0.1, 0.15) is 16.9 Å². The molecule has 3 aromatic rings. The average molecular weight is 428 g/mol. The Hall–Kier alpha value is -3.19. The zero-order chi connectivity index (χ0) is 19.4. The lowest BCUT2D eigenvalue weighted by Gasteiger charge is -2.03. The SMILES string of the molecule is COc1ccc(/C=C/C(=O)NC(=O)c2cc3cc(Br)ccc3oc2=O)cc1. The molecule has 0 unspecified atom stereocenters. The number of fused-ring (bicyclic) bond motifs is 1. The lowest BCUT2D eigenvalue weighted by atomic mass is 10.1. The van der Waals surface area contributed by atoms with Crippen molar-refractivity contribution in [2.75, 3.05) is 7.11 Å². The molecule has 6 nitrogen and oxygen atoms in total. The topological polar surface area (TPSA) is 85.6 Å². The molecular formula is C20H14BrNO5. The minimum absolute atomic E-state index is 0.244. The molecule has 0 fully saturated rings. The first-order valence-corrected chi connectivity index (χ1v) is 8.66. The summed E-state index contributed by atoms with van der Waals surface area (Å²) in [5.74, 6) is -0.777. The standard InChI is InChI=1S/C20H14BrNO5/c1-26-15-6-2-12(3-7-15)4-9-18(23)22-19(24)16-11-13-10-14(21)5-8-17(13)27-20(16)25/h2-11H,1H3,(H,22,23,24)/b9-4+. The van der Waals surface area contributed by atoms with E-state index in [2.05, 4.69) is 21.2 Å². The van der Waals surface area contributed by atoms with Crippen molar-refractivity contribution in [3.63, 3.8) is 0 Å². The Morgan fingerprint density at radius 1 is 1.11 bits per heavy atom. The number of halogens is 1. The van der Waals surface area contributed by atoms with Gasteiger partial charge in [-0.15, -0.1) is 0 Å². The van der Waals surface area contributed by atoms with Gasteiger partial charge in [0.2, 0.25) is 0 Å². The van der Waals surface area contributed by atoms with Crippen LogP contribution in [0, 0.1) is 0 Å². The van der Waals surface area contributed by atoms with E-state index in [0.717, 1.165) is 10.0 Å². The predicted octanol–water partition coefficient (Wildman–Crippen LogP) is 3.53. The zero-order valence-electron chi connectivity index (χ0n) is 14.2. The van der Waals surface area contributed by atoms with Crippen molar-refractivity contribution >= 4 is 44.8 Å². The van der Waals surface area contributed by atoms with E-state index in [0.29, 0.717) is 16.7 Å². The third-order valence-electron chi connectivity index (χ3n) is 3.72. The molecule has 3 rings (SSSR count). The van der Waals surface area contributed by atoms with E-state index in [1.54, 1.807) is 55.7 Å². The minimum atomic E-state index is -0.824. The molecule has 0 aliphatic heterocycles. The highest BCUT2D eigenvalue weighted by atomic mass is 79.9. The van der Waals surface area contributed by atoms with E-state index in [1.165, 1.54) is 12.1 Å². The van der Waals surface area contributed by atoms with Crippen molar-refractivity contribution in [3.8, 4) is 5.75 Å². The van der Waals surface area contributed by atoms with Crippen LogP contribution in [0.3, 0.4) is 0 Å². The van der Waals surface area contributed by atoms with Crippen molar-refractivity contribution in [3.05, 3.63) is 80.6 Å². The highest BCUT2D eigenvalue weighted by Gasteiger charge is 2.15. The zero-order valence-corrected chi connectivity index (χ0v) is 15.8. The minimum Gasteiger partial charge on any atom is -0.497 e. The van der Waals surface area contributed by atoms with Crippen molar-refractivity contribution in [1.82, 2.24) is 5.32 Å². The Morgan fingerprint density at radius 3 is 2.56 bits per heavy atom. The number of carbonyl (C=O) groups excluding carboxylic acids is 2. The Balaban J connectivity index is 1.75. The lowest BCUT2D eigenvalue weighted by molar-refractivity contribution is -0.115. The van der Waals surface area contributed by atoms with Crippen molar-refractivity contribution < 1.29 is 18.7 Å². The summed E-state index contributed by atoms with van der Waals surface area (Å²) in [7, 11) is 1.56. The predicted molar refractivity (Wildman–Crippen MR) is 105 cm³/mol. The molecule has 0 saturated heterocycles. The van der Waals surface area contributed by atoms with Crippen LogP contribution in [0.1, 0.15) is 15.9 Å². The van der Waals surface area contributed by atoms with E-state index in [9.17, 15) is 14.4 Å². The second-order valence-corrected chi connectivity index (χ2v) is 6.47. The fourth-order valence-corrected chi connectivity index (χ4v) is 2.74. The van der Waals surface area contributed by atoms with Crippen LogP contribution in [0.2, 0.25) is 0 Å². The maximum absolute atomic E-state index is 12.2. The Morgan fingerprint density at radius 2 is 1.85 bits per heavy atom. The molecule has 0 saturated carbocycles. The Labute approximate surface area is 162 Å². The average Bonchev–Trinajstić information content (AvgIpc) is 2.66. The van der Waals surface area contributed by atoms with Gasteiger partial charge in [0.25, 0.3) is 11.8 Å². The van der Waals surface area contributed by atoms with Crippen LogP contribution in [-0.4, -0.2) is 18.9 Å². The molecule has 2 amide bonds. The number of benzene rings is 2.